The minimum Gasteiger partial charge on any atom is -0.356 e. The maximum Gasteiger partial charge on any atom is 0.221 e. The summed E-state index contributed by atoms with van der Waals surface area (Å²) in [5.74, 6) is 0.0582. The van der Waals surface area contributed by atoms with Gasteiger partial charge in [-0.2, -0.15) is 0 Å². The Labute approximate surface area is 127 Å². The van der Waals surface area contributed by atoms with Gasteiger partial charge in [0.1, 0.15) is 11.6 Å². The van der Waals surface area contributed by atoms with Crippen molar-refractivity contribution in [2.45, 2.75) is 12.8 Å². The Morgan fingerprint density at radius 1 is 1.36 bits per heavy atom. The third kappa shape index (κ3) is 5.08. The molecule has 1 heterocycles. The monoisotopic (exact) mass is 328 g/mol. The normalized spacial score (nSPS) is 11.7. The Hall–Kier alpha value is -2.00. The van der Waals surface area contributed by atoms with Gasteiger partial charge < -0.3 is 10.3 Å². The van der Waals surface area contributed by atoms with Crippen LogP contribution >= 0.6 is 0 Å². The first-order valence-corrected chi connectivity index (χ1v) is 8.58. The summed E-state index contributed by atoms with van der Waals surface area (Å²) in [6, 6.07) is 4.28. The van der Waals surface area contributed by atoms with Gasteiger partial charge in [-0.15, -0.1) is 0 Å². The molecule has 120 valence electrons. The summed E-state index contributed by atoms with van der Waals surface area (Å²) in [7, 11) is -3.28. The third-order valence-corrected chi connectivity index (χ3v) is 3.62. The van der Waals surface area contributed by atoms with E-state index < -0.39 is 10.0 Å². The number of benzene rings is 1. The zero-order valence-electron chi connectivity index (χ0n) is 12.0. The Morgan fingerprint density at radius 3 is 2.86 bits per heavy atom. The van der Waals surface area contributed by atoms with E-state index in [0.717, 1.165) is 6.26 Å². The second-order valence-corrected chi connectivity index (χ2v) is 6.69. The van der Waals surface area contributed by atoms with E-state index in [1.54, 1.807) is 6.07 Å². The summed E-state index contributed by atoms with van der Waals surface area (Å²) in [4.78, 5) is 18.8. The lowest BCUT2D eigenvalue weighted by Crippen LogP contribution is -2.31. The van der Waals surface area contributed by atoms with Crippen molar-refractivity contribution >= 4 is 27.0 Å². The van der Waals surface area contributed by atoms with Gasteiger partial charge in [-0.3, -0.25) is 4.79 Å². The molecule has 0 fully saturated rings. The third-order valence-electron chi connectivity index (χ3n) is 2.89. The lowest BCUT2D eigenvalue weighted by molar-refractivity contribution is -0.120. The molecule has 22 heavy (non-hydrogen) atoms. The molecule has 1 amide bonds. The van der Waals surface area contributed by atoms with E-state index >= 15 is 0 Å². The fourth-order valence-electron chi connectivity index (χ4n) is 1.91. The molecule has 0 unspecified atom stereocenters. The largest absolute Gasteiger partial charge is 0.356 e. The topological polar surface area (TPSA) is 104 Å². The molecular weight excluding hydrogens is 311 g/mol. The van der Waals surface area contributed by atoms with Gasteiger partial charge in [0, 0.05) is 25.9 Å². The number of hydrogen-bond donors (Lipinski definition) is 3. The quantitative estimate of drug-likeness (QED) is 0.680. The molecular formula is C13H17FN4O3S. The maximum atomic E-state index is 13.1. The highest BCUT2D eigenvalue weighted by Gasteiger charge is 2.06. The fourth-order valence-corrected chi connectivity index (χ4v) is 2.38. The second-order valence-electron chi connectivity index (χ2n) is 4.86. The fraction of sp³-hybridized carbons (Fsp3) is 0.385. The van der Waals surface area contributed by atoms with E-state index in [1.807, 2.05) is 0 Å². The van der Waals surface area contributed by atoms with Gasteiger partial charge in [0.25, 0.3) is 0 Å². The molecule has 2 rings (SSSR count). The zero-order chi connectivity index (χ0) is 16.2. The lowest BCUT2D eigenvalue weighted by Gasteiger charge is -2.04. The molecule has 0 aliphatic heterocycles. The minimum absolute atomic E-state index is 0.0641. The van der Waals surface area contributed by atoms with E-state index in [4.69, 9.17) is 0 Å². The van der Waals surface area contributed by atoms with E-state index in [1.165, 1.54) is 12.1 Å². The van der Waals surface area contributed by atoms with Crippen LogP contribution in [0.15, 0.2) is 18.2 Å². The van der Waals surface area contributed by atoms with Crippen molar-refractivity contribution in [3.8, 4) is 0 Å². The first-order chi connectivity index (χ1) is 10.3. The number of carbonyl (C=O) groups is 1. The SMILES string of the molecule is CS(=O)(=O)NCCC(=O)NCCc1nc2ccc(F)cc2[nH]1. The van der Waals surface area contributed by atoms with Crippen molar-refractivity contribution in [3.05, 3.63) is 29.8 Å². The average molecular weight is 328 g/mol. The number of nitrogens with one attached hydrogen (secondary N) is 3. The van der Waals surface area contributed by atoms with Crippen LogP contribution in [0.1, 0.15) is 12.2 Å². The van der Waals surface area contributed by atoms with Crippen molar-refractivity contribution in [1.82, 2.24) is 20.0 Å². The van der Waals surface area contributed by atoms with Gasteiger partial charge in [0.2, 0.25) is 15.9 Å². The summed E-state index contributed by atoms with van der Waals surface area (Å²) in [6.07, 6.45) is 1.58. The number of amides is 1. The van der Waals surface area contributed by atoms with Gasteiger partial charge in [-0.05, 0) is 18.2 Å². The zero-order valence-corrected chi connectivity index (χ0v) is 12.8. The number of imidazole rings is 1. The molecule has 0 atom stereocenters. The summed E-state index contributed by atoms with van der Waals surface area (Å²) in [5.41, 5.74) is 1.28. The number of sulfonamides is 1. The van der Waals surface area contributed by atoms with Gasteiger partial charge in [0.15, 0.2) is 0 Å². The first-order valence-electron chi connectivity index (χ1n) is 6.69. The number of fused-ring (bicyclic) bond motifs is 1. The molecule has 3 N–H and O–H groups in total. The summed E-state index contributed by atoms with van der Waals surface area (Å²) in [6.45, 7) is 0.425. The van der Waals surface area contributed by atoms with Crippen LogP contribution in [0.2, 0.25) is 0 Å². The summed E-state index contributed by atoms with van der Waals surface area (Å²) >= 11 is 0. The van der Waals surface area contributed by atoms with Crippen LogP contribution < -0.4 is 10.0 Å². The van der Waals surface area contributed by atoms with E-state index in [9.17, 15) is 17.6 Å². The summed E-state index contributed by atoms with van der Waals surface area (Å²) < 4.78 is 37.0. The molecule has 0 saturated heterocycles. The number of halogens is 1. The molecule has 0 radical (unpaired) electrons. The van der Waals surface area contributed by atoms with Crippen LogP contribution in [-0.4, -0.2) is 43.6 Å². The smallest absolute Gasteiger partial charge is 0.221 e. The van der Waals surface area contributed by atoms with Gasteiger partial charge in [0.05, 0.1) is 17.3 Å². The molecule has 0 aliphatic rings. The number of rotatable bonds is 7. The number of carbonyl (C=O) groups excluding carboxylic acids is 1. The Balaban J connectivity index is 1.76. The van der Waals surface area contributed by atoms with E-state index in [2.05, 4.69) is 20.0 Å². The Kier molecular flexibility index (Phi) is 5.09. The molecule has 2 aromatic rings. The highest BCUT2D eigenvalue weighted by molar-refractivity contribution is 7.88. The lowest BCUT2D eigenvalue weighted by atomic mass is 10.3. The van der Waals surface area contributed by atoms with Crippen LogP contribution in [0.25, 0.3) is 11.0 Å². The molecule has 0 aliphatic carbocycles. The maximum absolute atomic E-state index is 13.1. The Bertz CT molecular complexity index is 773. The second kappa shape index (κ2) is 6.84. The van der Waals surface area contributed by atoms with Crippen molar-refractivity contribution in [2.75, 3.05) is 19.3 Å². The van der Waals surface area contributed by atoms with Crippen LogP contribution in [0.5, 0.6) is 0 Å². The molecule has 1 aromatic heterocycles. The predicted octanol–water partition coefficient (Wildman–Crippen LogP) is 0.300. The summed E-state index contributed by atoms with van der Waals surface area (Å²) in [5, 5.41) is 2.67. The van der Waals surface area contributed by atoms with Crippen molar-refractivity contribution < 1.29 is 17.6 Å². The Morgan fingerprint density at radius 2 is 2.14 bits per heavy atom. The minimum atomic E-state index is -3.28. The number of nitrogens with zero attached hydrogens (tertiary/aromatic N) is 1. The average Bonchev–Trinajstić information content (AvgIpc) is 2.79. The van der Waals surface area contributed by atoms with Crippen LogP contribution in [0, 0.1) is 5.82 Å². The molecule has 0 spiro atoms. The van der Waals surface area contributed by atoms with E-state index in [0.29, 0.717) is 29.8 Å². The molecule has 7 nitrogen and oxygen atoms in total. The van der Waals surface area contributed by atoms with Crippen molar-refractivity contribution in [2.24, 2.45) is 0 Å². The standard InChI is InChI=1S/C13H17FN4O3S/c1-22(20,21)16-7-5-13(19)15-6-4-12-17-10-3-2-9(14)8-11(10)18-12/h2-3,8,16H,4-7H2,1H3,(H,15,19)(H,17,18). The van der Waals surface area contributed by atoms with E-state index in [-0.39, 0.29) is 24.7 Å². The highest BCUT2D eigenvalue weighted by Crippen LogP contribution is 2.12. The number of H-pyrrole nitrogens is 1. The molecule has 0 bridgehead atoms. The number of hydrogen-bond acceptors (Lipinski definition) is 4. The van der Waals surface area contributed by atoms with Crippen LogP contribution in [0.4, 0.5) is 4.39 Å². The van der Waals surface area contributed by atoms with Gasteiger partial charge in [-0.25, -0.2) is 22.5 Å². The predicted molar refractivity (Wildman–Crippen MR) is 80.2 cm³/mol. The van der Waals surface area contributed by atoms with Crippen molar-refractivity contribution in [3.63, 3.8) is 0 Å². The van der Waals surface area contributed by atoms with Gasteiger partial charge in [-0.1, -0.05) is 0 Å². The number of aromatic nitrogens is 2. The molecule has 1 aromatic carbocycles. The molecule has 9 heteroatoms. The molecule has 0 saturated carbocycles. The first kappa shape index (κ1) is 16.4. The van der Waals surface area contributed by atoms with Crippen molar-refractivity contribution in [1.29, 1.82) is 0 Å². The van der Waals surface area contributed by atoms with Crippen LogP contribution in [-0.2, 0) is 21.2 Å². The number of aromatic amines is 1. The highest BCUT2D eigenvalue weighted by atomic mass is 32.2. The van der Waals surface area contributed by atoms with Gasteiger partial charge >= 0.3 is 0 Å². The van der Waals surface area contributed by atoms with Crippen LogP contribution in [0.3, 0.4) is 0 Å².